The van der Waals surface area contributed by atoms with Crippen LogP contribution in [0.15, 0.2) is 54.6 Å². The number of amides is 3. The summed E-state index contributed by atoms with van der Waals surface area (Å²) in [5.41, 5.74) is 1.33. The second-order valence-corrected chi connectivity index (χ2v) is 15.6. The van der Waals surface area contributed by atoms with Crippen molar-refractivity contribution in [2.75, 3.05) is 13.1 Å². The fourth-order valence-electron chi connectivity index (χ4n) is 7.43. The summed E-state index contributed by atoms with van der Waals surface area (Å²) in [5.74, 6) is 0.194. The van der Waals surface area contributed by atoms with Crippen molar-refractivity contribution in [2.24, 2.45) is 17.8 Å². The van der Waals surface area contributed by atoms with E-state index in [2.05, 4.69) is 5.32 Å². The highest BCUT2D eigenvalue weighted by molar-refractivity contribution is 7.50. The van der Waals surface area contributed by atoms with Crippen molar-refractivity contribution in [3.63, 3.8) is 0 Å². The molecular formula is C32H36N3O7PS. The molecule has 4 fully saturated rings. The number of fused-ring (bicyclic) bond motifs is 3. The van der Waals surface area contributed by atoms with Crippen LogP contribution in [0.4, 0.5) is 0 Å². The van der Waals surface area contributed by atoms with Gasteiger partial charge in [-0.05, 0) is 78.7 Å². The minimum atomic E-state index is -4.22. The third kappa shape index (κ3) is 5.84. The van der Waals surface area contributed by atoms with Gasteiger partial charge in [0, 0.05) is 29.7 Å². The zero-order valence-electron chi connectivity index (χ0n) is 24.1. The Kier molecular flexibility index (Phi) is 7.66. The van der Waals surface area contributed by atoms with Crippen LogP contribution in [0.3, 0.4) is 0 Å². The fourth-order valence-corrected chi connectivity index (χ4v) is 9.05. The van der Waals surface area contributed by atoms with Crippen molar-refractivity contribution in [3.8, 4) is 0 Å². The molecule has 3 aliphatic heterocycles. The van der Waals surface area contributed by atoms with E-state index in [1.807, 2.05) is 30.3 Å². The van der Waals surface area contributed by atoms with Crippen LogP contribution in [0.25, 0.3) is 10.1 Å². The molecule has 3 saturated heterocycles. The number of likely N-dealkylation sites (tertiary alicyclic amines) is 1. The Labute approximate surface area is 259 Å². The van der Waals surface area contributed by atoms with Gasteiger partial charge >= 0.3 is 7.60 Å². The molecular weight excluding hydrogens is 601 g/mol. The number of aliphatic hydroxyl groups excluding tert-OH is 1. The quantitative estimate of drug-likeness (QED) is 0.289. The third-order valence-electron chi connectivity index (χ3n) is 9.83. The predicted molar refractivity (Wildman–Crippen MR) is 165 cm³/mol. The summed E-state index contributed by atoms with van der Waals surface area (Å²) in [6.07, 6.45) is 2.82. The lowest BCUT2D eigenvalue weighted by atomic mass is 9.88. The number of nitrogens with zero attached hydrogens (tertiary/aromatic N) is 2. The predicted octanol–water partition coefficient (Wildman–Crippen LogP) is 3.66. The third-order valence-corrected chi connectivity index (χ3v) is 11.7. The highest BCUT2D eigenvalue weighted by Crippen LogP contribution is 2.50. The van der Waals surface area contributed by atoms with Crippen molar-refractivity contribution in [2.45, 2.75) is 62.5 Å². The smallest absolute Gasteiger partial charge is 0.329 e. The Morgan fingerprint density at radius 2 is 1.75 bits per heavy atom. The Balaban J connectivity index is 1.05. The van der Waals surface area contributed by atoms with Gasteiger partial charge in [0.2, 0.25) is 11.8 Å². The Morgan fingerprint density at radius 1 is 1.00 bits per heavy atom. The molecule has 232 valence electrons. The number of carbonyl (C=O) groups is 3. The first kappa shape index (κ1) is 29.6. The van der Waals surface area contributed by atoms with E-state index in [1.165, 1.54) is 11.3 Å². The van der Waals surface area contributed by atoms with E-state index < -0.39 is 25.8 Å². The molecule has 0 bridgehead atoms. The average molecular weight is 638 g/mol. The van der Waals surface area contributed by atoms with Gasteiger partial charge in [0.05, 0.1) is 17.1 Å². The summed E-state index contributed by atoms with van der Waals surface area (Å²) in [6, 6.07) is 14.9. The van der Waals surface area contributed by atoms with Gasteiger partial charge in [-0.3, -0.25) is 18.9 Å². The molecule has 1 saturated carbocycles. The molecule has 1 unspecified atom stereocenters. The lowest BCUT2D eigenvalue weighted by molar-refractivity contribution is -0.153. The van der Waals surface area contributed by atoms with Gasteiger partial charge in [0.15, 0.2) is 0 Å². The van der Waals surface area contributed by atoms with Crippen molar-refractivity contribution < 1.29 is 33.8 Å². The second kappa shape index (κ2) is 11.4. The molecule has 6 atom stereocenters. The molecule has 44 heavy (non-hydrogen) atoms. The number of benzene rings is 2. The van der Waals surface area contributed by atoms with Crippen LogP contribution < -0.4 is 5.32 Å². The molecule has 0 radical (unpaired) electrons. The zero-order chi connectivity index (χ0) is 30.7. The molecule has 1 aromatic heterocycles. The summed E-state index contributed by atoms with van der Waals surface area (Å²) < 4.78 is 12.3. The largest absolute Gasteiger partial charge is 0.388 e. The van der Waals surface area contributed by atoms with Crippen LogP contribution in [-0.4, -0.2) is 73.6 Å². The molecule has 12 heteroatoms. The Hall–Kier alpha value is -3.08. The van der Waals surface area contributed by atoms with Crippen molar-refractivity contribution in [3.05, 3.63) is 70.6 Å². The van der Waals surface area contributed by atoms with Gasteiger partial charge in [-0.1, -0.05) is 36.4 Å². The molecule has 0 spiro atoms. The van der Waals surface area contributed by atoms with E-state index in [4.69, 9.17) is 0 Å². The van der Waals surface area contributed by atoms with Crippen LogP contribution in [0, 0.1) is 17.8 Å². The Bertz CT molecular complexity index is 1650. The molecule has 7 rings (SSSR count). The van der Waals surface area contributed by atoms with E-state index in [0.717, 1.165) is 29.5 Å². The summed E-state index contributed by atoms with van der Waals surface area (Å²) >= 11 is 1.27. The SMILES string of the molecule is O=C(N[C@H]1C[C@@H]2C[C@@H]2C[C@H]2CC[C@@H](C(=O)N3CC(C(O)c4ccccc4)C3)N2C1=O)c1cc2cc(CP(=O)(O)O)ccc2s1. The van der Waals surface area contributed by atoms with E-state index in [1.54, 1.807) is 34.1 Å². The van der Waals surface area contributed by atoms with Gasteiger partial charge in [0.25, 0.3) is 5.91 Å². The highest BCUT2D eigenvalue weighted by atomic mass is 32.1. The topological polar surface area (TPSA) is 147 Å². The number of aliphatic hydroxyl groups is 1. The van der Waals surface area contributed by atoms with Crippen molar-refractivity contribution in [1.82, 2.24) is 15.1 Å². The first-order chi connectivity index (χ1) is 21.0. The van der Waals surface area contributed by atoms with Crippen LogP contribution in [0.5, 0.6) is 0 Å². The fraction of sp³-hybridized carbons (Fsp3) is 0.469. The van der Waals surface area contributed by atoms with Gasteiger partial charge in [-0.25, -0.2) is 0 Å². The van der Waals surface area contributed by atoms with Crippen LogP contribution in [0.1, 0.15) is 59.0 Å². The van der Waals surface area contributed by atoms with E-state index >= 15 is 0 Å². The number of nitrogens with one attached hydrogen (secondary N) is 1. The lowest BCUT2D eigenvalue weighted by Gasteiger charge is -2.44. The molecule has 4 heterocycles. The molecule has 4 N–H and O–H groups in total. The molecule has 3 aromatic rings. The summed E-state index contributed by atoms with van der Waals surface area (Å²) in [4.78, 5) is 63.9. The standard InChI is InChI=1S/C32H36N3O7PS/c36-29(19-4-2-1-3-5-19)23-15-34(16-23)32(39)26-8-7-24-12-20-11-21(20)13-25(31(38)35(24)26)33-30(37)28-14-22-10-18(17-43(40,41)42)6-9-27(22)44-28/h1-6,9-10,14,20-21,23-26,29,36H,7-8,11-13,15-17H2,(H,33,37)(H2,40,41,42)/t20-,21+,24-,25+,26+,29?/m1/s1. The minimum absolute atomic E-state index is 0.0186. The number of rotatable bonds is 7. The zero-order valence-corrected chi connectivity index (χ0v) is 25.8. The Morgan fingerprint density at radius 3 is 2.50 bits per heavy atom. The normalized spacial score (nSPS) is 27.6. The van der Waals surface area contributed by atoms with Gasteiger partial charge in [0.1, 0.15) is 12.1 Å². The highest BCUT2D eigenvalue weighted by Gasteiger charge is 2.52. The summed E-state index contributed by atoms with van der Waals surface area (Å²) in [7, 11) is -4.22. The van der Waals surface area contributed by atoms with Crippen LogP contribution >= 0.6 is 18.9 Å². The first-order valence-corrected chi connectivity index (χ1v) is 17.9. The maximum absolute atomic E-state index is 14.1. The number of carbonyl (C=O) groups excluding carboxylic acids is 3. The van der Waals surface area contributed by atoms with Gasteiger partial charge in [-0.15, -0.1) is 11.3 Å². The average Bonchev–Trinajstić information content (AvgIpc) is 3.33. The van der Waals surface area contributed by atoms with Gasteiger partial charge < -0.3 is 30.0 Å². The summed E-state index contributed by atoms with van der Waals surface area (Å²) in [6.45, 7) is 0.898. The first-order valence-electron chi connectivity index (χ1n) is 15.3. The van der Waals surface area contributed by atoms with Crippen LogP contribution in [0.2, 0.25) is 0 Å². The molecule has 3 amide bonds. The van der Waals surface area contributed by atoms with E-state index in [0.29, 0.717) is 53.6 Å². The number of hydrogen-bond donors (Lipinski definition) is 4. The van der Waals surface area contributed by atoms with E-state index in [9.17, 15) is 33.8 Å². The monoisotopic (exact) mass is 637 g/mol. The molecule has 1 aliphatic carbocycles. The second-order valence-electron chi connectivity index (χ2n) is 12.9. The van der Waals surface area contributed by atoms with Gasteiger partial charge in [-0.2, -0.15) is 0 Å². The van der Waals surface area contributed by atoms with Crippen molar-refractivity contribution in [1.29, 1.82) is 0 Å². The minimum Gasteiger partial charge on any atom is -0.388 e. The summed E-state index contributed by atoms with van der Waals surface area (Å²) in [5, 5.41) is 14.5. The lowest BCUT2D eigenvalue weighted by Crippen LogP contribution is -2.60. The van der Waals surface area contributed by atoms with Crippen LogP contribution in [-0.2, 0) is 20.3 Å². The van der Waals surface area contributed by atoms with E-state index in [-0.39, 0.29) is 35.8 Å². The van der Waals surface area contributed by atoms with Crippen molar-refractivity contribution >= 4 is 46.7 Å². The molecule has 2 aromatic carbocycles. The number of thiophene rings is 1. The molecule has 4 aliphatic rings. The maximum Gasteiger partial charge on any atom is 0.329 e. The molecule has 10 nitrogen and oxygen atoms in total. The number of hydrogen-bond acceptors (Lipinski definition) is 6. The maximum atomic E-state index is 14.1.